The molecule has 26 heavy (non-hydrogen) atoms. The molecule has 1 aromatic heterocycles. The number of piperidine rings is 1. The molecule has 6 nitrogen and oxygen atoms in total. The van der Waals surface area contributed by atoms with Gasteiger partial charge in [0.15, 0.2) is 5.69 Å². The van der Waals surface area contributed by atoms with Gasteiger partial charge in [0.05, 0.1) is 0 Å². The lowest BCUT2D eigenvalue weighted by Crippen LogP contribution is -2.32. The molecular formula is C20H27N5O. The lowest BCUT2D eigenvalue weighted by Gasteiger charge is -2.32. The van der Waals surface area contributed by atoms with E-state index in [-0.39, 0.29) is 5.91 Å². The predicted molar refractivity (Wildman–Crippen MR) is 106 cm³/mol. The third kappa shape index (κ3) is 4.71. The minimum absolute atomic E-state index is 0.251. The van der Waals surface area contributed by atoms with E-state index < -0.39 is 0 Å². The van der Waals surface area contributed by atoms with E-state index in [1.54, 1.807) is 12.1 Å². The lowest BCUT2D eigenvalue weighted by molar-refractivity contribution is 0.102. The molecule has 2 heterocycles. The molecule has 1 aliphatic heterocycles. The number of nitrogens with zero attached hydrogens (tertiary/aromatic N) is 3. The summed E-state index contributed by atoms with van der Waals surface area (Å²) in [6, 6.07) is 11.5. The summed E-state index contributed by atoms with van der Waals surface area (Å²) in [5.74, 6) is 1.25. The Balaban J connectivity index is 1.57. The Labute approximate surface area is 155 Å². The summed E-state index contributed by atoms with van der Waals surface area (Å²) in [4.78, 5) is 14.7. The highest BCUT2D eigenvalue weighted by Crippen LogP contribution is 2.24. The molecule has 138 valence electrons. The number of rotatable bonds is 6. The van der Waals surface area contributed by atoms with E-state index in [4.69, 9.17) is 0 Å². The van der Waals surface area contributed by atoms with Crippen molar-refractivity contribution in [2.75, 3.05) is 35.2 Å². The fourth-order valence-corrected chi connectivity index (χ4v) is 3.02. The second-order valence-corrected chi connectivity index (χ2v) is 6.90. The van der Waals surface area contributed by atoms with E-state index in [1.807, 2.05) is 12.1 Å². The molecule has 0 radical (unpaired) electrons. The molecule has 2 aromatic rings. The fraction of sp³-hybridized carbons (Fsp3) is 0.450. The van der Waals surface area contributed by atoms with Crippen molar-refractivity contribution in [1.29, 1.82) is 0 Å². The number of anilines is 3. The first-order chi connectivity index (χ1) is 12.7. The predicted octanol–water partition coefficient (Wildman–Crippen LogP) is 3.79. The molecule has 1 saturated heterocycles. The van der Waals surface area contributed by atoms with Gasteiger partial charge in [-0.2, -0.15) is 0 Å². The highest BCUT2D eigenvalue weighted by molar-refractivity contribution is 6.02. The Morgan fingerprint density at radius 2 is 1.85 bits per heavy atom. The zero-order valence-corrected chi connectivity index (χ0v) is 15.5. The number of carbonyl (C=O) groups excluding carboxylic acids is 1. The van der Waals surface area contributed by atoms with Crippen LogP contribution < -0.4 is 15.5 Å². The van der Waals surface area contributed by atoms with Crippen LogP contribution in [-0.4, -0.2) is 35.7 Å². The van der Waals surface area contributed by atoms with Gasteiger partial charge < -0.3 is 15.5 Å². The van der Waals surface area contributed by atoms with Crippen LogP contribution >= 0.6 is 0 Å². The zero-order chi connectivity index (χ0) is 18.4. The van der Waals surface area contributed by atoms with Crippen molar-refractivity contribution in [3.63, 3.8) is 0 Å². The molecule has 0 atom stereocenters. The van der Waals surface area contributed by atoms with Crippen molar-refractivity contribution in [2.24, 2.45) is 5.92 Å². The molecule has 1 fully saturated rings. The van der Waals surface area contributed by atoms with Crippen LogP contribution in [0.15, 0.2) is 36.4 Å². The zero-order valence-electron chi connectivity index (χ0n) is 15.5. The SMILES string of the molecule is CCCNc1ccc(C(=O)Nc2ccc(N3CCC(C)CC3)cc2)nn1. The molecule has 2 N–H and O–H groups in total. The average molecular weight is 353 g/mol. The van der Waals surface area contributed by atoms with Crippen LogP contribution in [0.4, 0.5) is 17.2 Å². The van der Waals surface area contributed by atoms with Crippen molar-refractivity contribution in [3.05, 3.63) is 42.1 Å². The number of hydrogen-bond acceptors (Lipinski definition) is 5. The van der Waals surface area contributed by atoms with Crippen LogP contribution in [0.2, 0.25) is 0 Å². The van der Waals surface area contributed by atoms with E-state index >= 15 is 0 Å². The Morgan fingerprint density at radius 1 is 1.12 bits per heavy atom. The van der Waals surface area contributed by atoms with E-state index in [0.717, 1.165) is 37.7 Å². The standard InChI is InChI=1S/C20H27N5O/c1-3-12-21-19-9-8-18(23-24-19)20(26)22-16-4-6-17(7-5-16)25-13-10-15(2)11-14-25/h4-9,15H,3,10-14H2,1-2H3,(H,21,24)(H,22,26). The largest absolute Gasteiger partial charge is 0.372 e. The minimum atomic E-state index is -0.251. The number of nitrogens with one attached hydrogen (secondary N) is 2. The fourth-order valence-electron chi connectivity index (χ4n) is 3.02. The van der Waals surface area contributed by atoms with Gasteiger partial charge in [0.2, 0.25) is 0 Å². The molecule has 1 aliphatic rings. The van der Waals surface area contributed by atoms with Gasteiger partial charge in [-0.05, 0) is 61.6 Å². The maximum Gasteiger partial charge on any atom is 0.276 e. The topological polar surface area (TPSA) is 70.2 Å². The first-order valence-corrected chi connectivity index (χ1v) is 9.39. The number of amides is 1. The summed E-state index contributed by atoms with van der Waals surface area (Å²) in [5, 5.41) is 14.0. The number of hydrogen-bond donors (Lipinski definition) is 2. The summed E-state index contributed by atoms with van der Waals surface area (Å²) >= 11 is 0. The Bertz CT molecular complexity index is 706. The Kier molecular flexibility index (Phi) is 6.04. The van der Waals surface area contributed by atoms with Gasteiger partial charge in [-0.15, -0.1) is 10.2 Å². The van der Waals surface area contributed by atoms with Crippen molar-refractivity contribution >= 4 is 23.1 Å². The molecule has 1 amide bonds. The molecule has 3 rings (SSSR count). The normalized spacial score (nSPS) is 14.9. The maximum absolute atomic E-state index is 12.3. The highest BCUT2D eigenvalue weighted by Gasteiger charge is 2.16. The smallest absolute Gasteiger partial charge is 0.276 e. The van der Waals surface area contributed by atoms with Crippen molar-refractivity contribution in [2.45, 2.75) is 33.1 Å². The molecule has 1 aromatic carbocycles. The number of carbonyl (C=O) groups is 1. The Hall–Kier alpha value is -2.63. The van der Waals surface area contributed by atoms with Gasteiger partial charge in [-0.25, -0.2) is 0 Å². The maximum atomic E-state index is 12.3. The van der Waals surface area contributed by atoms with Crippen molar-refractivity contribution < 1.29 is 4.79 Å². The number of benzene rings is 1. The van der Waals surface area contributed by atoms with Gasteiger partial charge in [-0.1, -0.05) is 13.8 Å². The van der Waals surface area contributed by atoms with E-state index in [0.29, 0.717) is 11.5 Å². The summed E-state index contributed by atoms with van der Waals surface area (Å²) in [6.45, 7) is 7.43. The van der Waals surface area contributed by atoms with E-state index in [9.17, 15) is 4.79 Å². The first kappa shape index (κ1) is 18.2. The molecule has 0 aliphatic carbocycles. The first-order valence-electron chi connectivity index (χ1n) is 9.39. The van der Waals surface area contributed by atoms with Gasteiger partial charge in [0, 0.05) is 31.0 Å². The van der Waals surface area contributed by atoms with E-state index in [2.05, 4.69) is 51.7 Å². The van der Waals surface area contributed by atoms with Crippen LogP contribution in [0.5, 0.6) is 0 Å². The highest BCUT2D eigenvalue weighted by atomic mass is 16.1. The molecule has 0 saturated carbocycles. The minimum Gasteiger partial charge on any atom is -0.372 e. The van der Waals surface area contributed by atoms with Gasteiger partial charge in [0.25, 0.3) is 5.91 Å². The second kappa shape index (κ2) is 8.65. The van der Waals surface area contributed by atoms with E-state index in [1.165, 1.54) is 18.5 Å². The molecule has 0 spiro atoms. The molecule has 6 heteroatoms. The molecular weight excluding hydrogens is 326 g/mol. The van der Waals surface area contributed by atoms with Crippen LogP contribution in [-0.2, 0) is 0 Å². The van der Waals surface area contributed by atoms with Crippen LogP contribution in [0.3, 0.4) is 0 Å². The summed E-state index contributed by atoms with van der Waals surface area (Å²) < 4.78 is 0. The molecule has 0 bridgehead atoms. The lowest BCUT2D eigenvalue weighted by atomic mass is 9.99. The van der Waals surface area contributed by atoms with Crippen LogP contribution in [0.1, 0.15) is 43.6 Å². The molecule has 0 unspecified atom stereocenters. The van der Waals surface area contributed by atoms with Gasteiger partial charge >= 0.3 is 0 Å². The third-order valence-corrected chi connectivity index (χ3v) is 4.73. The van der Waals surface area contributed by atoms with Gasteiger partial charge in [-0.3, -0.25) is 4.79 Å². The van der Waals surface area contributed by atoms with Crippen LogP contribution in [0, 0.1) is 5.92 Å². The average Bonchev–Trinajstić information content (AvgIpc) is 2.68. The van der Waals surface area contributed by atoms with Crippen molar-refractivity contribution in [3.8, 4) is 0 Å². The quantitative estimate of drug-likeness (QED) is 0.827. The second-order valence-electron chi connectivity index (χ2n) is 6.90. The summed E-state index contributed by atoms with van der Waals surface area (Å²) in [7, 11) is 0. The third-order valence-electron chi connectivity index (χ3n) is 4.73. The summed E-state index contributed by atoms with van der Waals surface area (Å²) in [5.41, 5.74) is 2.28. The monoisotopic (exact) mass is 353 g/mol. The van der Waals surface area contributed by atoms with Crippen LogP contribution in [0.25, 0.3) is 0 Å². The Morgan fingerprint density at radius 3 is 2.46 bits per heavy atom. The van der Waals surface area contributed by atoms with Gasteiger partial charge in [0.1, 0.15) is 5.82 Å². The van der Waals surface area contributed by atoms with Crippen molar-refractivity contribution in [1.82, 2.24) is 10.2 Å². The summed E-state index contributed by atoms with van der Waals surface area (Å²) in [6.07, 6.45) is 3.48. The number of aromatic nitrogens is 2.